The lowest BCUT2D eigenvalue weighted by molar-refractivity contribution is -0.226. The van der Waals surface area contributed by atoms with Crippen LogP contribution in [0.2, 0.25) is 0 Å². The van der Waals surface area contributed by atoms with E-state index >= 15 is 0 Å². The summed E-state index contributed by atoms with van der Waals surface area (Å²) in [6.45, 7) is 3.32. The molecule has 1 rings (SSSR count). The Bertz CT molecular complexity index is 178. The molecule has 2 N–H and O–H groups in total. The lowest BCUT2D eigenvalue weighted by atomic mass is 10.1. The molecule has 14 heavy (non-hydrogen) atoms. The zero-order valence-corrected chi connectivity index (χ0v) is 8.27. The first kappa shape index (κ1) is 11.7. The van der Waals surface area contributed by atoms with Crippen LogP contribution in [0.1, 0.15) is 13.8 Å². The van der Waals surface area contributed by atoms with Crippen LogP contribution in [-0.4, -0.2) is 42.5 Å². The number of nitrogens with two attached hydrogens (primary N) is 1. The Morgan fingerprint density at radius 1 is 1.36 bits per heavy atom. The molecule has 3 nitrogen and oxygen atoms in total. The van der Waals surface area contributed by atoms with Crippen LogP contribution < -0.4 is 5.73 Å². The van der Waals surface area contributed by atoms with Crippen molar-refractivity contribution in [2.24, 2.45) is 5.73 Å². The van der Waals surface area contributed by atoms with E-state index in [2.05, 4.69) is 0 Å². The van der Waals surface area contributed by atoms with Gasteiger partial charge in [-0.25, -0.2) is 0 Å². The minimum Gasteiger partial charge on any atom is -0.378 e. The van der Waals surface area contributed by atoms with E-state index in [1.54, 1.807) is 13.8 Å². The van der Waals surface area contributed by atoms with E-state index in [0.29, 0.717) is 6.61 Å². The number of morpholine rings is 1. The van der Waals surface area contributed by atoms with Crippen molar-refractivity contribution in [2.75, 3.05) is 19.8 Å². The average molecular weight is 212 g/mol. The Balaban J connectivity index is 2.80. The van der Waals surface area contributed by atoms with Crippen molar-refractivity contribution < 1.29 is 17.9 Å². The molecule has 1 fully saturated rings. The van der Waals surface area contributed by atoms with Gasteiger partial charge in [0.25, 0.3) is 0 Å². The number of hydrogen-bond acceptors (Lipinski definition) is 3. The van der Waals surface area contributed by atoms with E-state index in [4.69, 9.17) is 10.5 Å². The molecule has 6 heteroatoms. The predicted octanol–water partition coefficient (Wildman–Crippen LogP) is 0.944. The molecule has 1 aliphatic heterocycles. The summed E-state index contributed by atoms with van der Waals surface area (Å²) < 4.78 is 42.5. The third-order valence-electron chi connectivity index (χ3n) is 2.25. The summed E-state index contributed by atoms with van der Waals surface area (Å²) in [5.41, 5.74) is 4.70. The lowest BCUT2D eigenvalue weighted by Crippen LogP contribution is -2.64. The molecule has 0 saturated carbocycles. The molecule has 0 aliphatic carbocycles. The quantitative estimate of drug-likeness (QED) is 0.703. The van der Waals surface area contributed by atoms with Crippen LogP contribution in [0.5, 0.6) is 0 Å². The van der Waals surface area contributed by atoms with Crippen LogP contribution in [0.25, 0.3) is 0 Å². The normalized spacial score (nSPS) is 26.6. The van der Waals surface area contributed by atoms with Gasteiger partial charge in [-0.3, -0.25) is 4.90 Å². The highest BCUT2D eigenvalue weighted by Crippen LogP contribution is 2.29. The number of hydrogen-bond donors (Lipinski definition) is 1. The van der Waals surface area contributed by atoms with E-state index in [1.165, 1.54) is 4.90 Å². The summed E-state index contributed by atoms with van der Waals surface area (Å²) in [6.07, 6.45) is -4.28. The molecular formula is C8H15F3N2O. The van der Waals surface area contributed by atoms with Gasteiger partial charge in [0.1, 0.15) is 6.04 Å². The van der Waals surface area contributed by atoms with Crippen LogP contribution >= 0.6 is 0 Å². The Morgan fingerprint density at radius 2 is 1.93 bits per heavy atom. The Morgan fingerprint density at radius 3 is 2.29 bits per heavy atom. The van der Waals surface area contributed by atoms with Gasteiger partial charge in [-0.1, -0.05) is 0 Å². The summed E-state index contributed by atoms with van der Waals surface area (Å²) in [6, 6.07) is -1.59. The fraction of sp³-hybridized carbons (Fsp3) is 1.00. The number of nitrogens with zero attached hydrogens (tertiary/aromatic N) is 1. The number of rotatable bonds is 1. The van der Waals surface area contributed by atoms with Crippen molar-refractivity contribution in [3.63, 3.8) is 0 Å². The van der Waals surface area contributed by atoms with Gasteiger partial charge in [0.05, 0.1) is 18.9 Å². The second-order valence-corrected chi connectivity index (χ2v) is 3.98. The summed E-state index contributed by atoms with van der Waals surface area (Å²) in [7, 11) is 0. The van der Waals surface area contributed by atoms with E-state index in [0.717, 1.165) is 0 Å². The molecule has 1 heterocycles. The lowest BCUT2D eigenvalue weighted by Gasteiger charge is -2.44. The van der Waals surface area contributed by atoms with Crippen molar-refractivity contribution in [3.05, 3.63) is 0 Å². The Kier molecular flexibility index (Phi) is 3.08. The fourth-order valence-electron chi connectivity index (χ4n) is 1.56. The van der Waals surface area contributed by atoms with E-state index < -0.39 is 17.9 Å². The van der Waals surface area contributed by atoms with Gasteiger partial charge in [0.15, 0.2) is 0 Å². The number of ether oxygens (including phenoxy) is 1. The second-order valence-electron chi connectivity index (χ2n) is 3.98. The Hall–Kier alpha value is -0.330. The monoisotopic (exact) mass is 212 g/mol. The minimum atomic E-state index is -4.28. The second kappa shape index (κ2) is 3.67. The van der Waals surface area contributed by atoms with Gasteiger partial charge in [0.2, 0.25) is 0 Å². The van der Waals surface area contributed by atoms with Gasteiger partial charge in [-0.15, -0.1) is 0 Å². The fourth-order valence-corrected chi connectivity index (χ4v) is 1.56. The standard InChI is InChI=1S/C8H15F3N2O/c1-7(2,12)13-3-4-14-5-6(13)8(9,10)11/h6H,3-5,12H2,1-2H3/t6-/m1/s1. The zero-order chi connectivity index (χ0) is 11.0. The third-order valence-corrected chi connectivity index (χ3v) is 2.25. The van der Waals surface area contributed by atoms with E-state index in [-0.39, 0.29) is 13.2 Å². The van der Waals surface area contributed by atoms with Gasteiger partial charge in [0, 0.05) is 6.54 Å². The maximum Gasteiger partial charge on any atom is 0.406 e. The highest BCUT2D eigenvalue weighted by molar-refractivity contribution is 4.88. The molecule has 0 aromatic rings. The highest BCUT2D eigenvalue weighted by Gasteiger charge is 2.48. The van der Waals surface area contributed by atoms with Crippen molar-refractivity contribution in [1.29, 1.82) is 0 Å². The molecule has 0 radical (unpaired) electrons. The van der Waals surface area contributed by atoms with Gasteiger partial charge in [-0.2, -0.15) is 13.2 Å². The minimum absolute atomic E-state index is 0.216. The molecule has 0 spiro atoms. The van der Waals surface area contributed by atoms with Crippen molar-refractivity contribution in [3.8, 4) is 0 Å². The molecule has 1 aliphatic rings. The van der Waals surface area contributed by atoms with Crippen molar-refractivity contribution in [2.45, 2.75) is 31.7 Å². The topological polar surface area (TPSA) is 38.5 Å². The summed E-state index contributed by atoms with van der Waals surface area (Å²) in [5, 5.41) is 0. The molecule has 0 amide bonds. The highest BCUT2D eigenvalue weighted by atomic mass is 19.4. The molecule has 0 aromatic heterocycles. The SMILES string of the molecule is CC(C)(N)N1CCOC[C@@H]1C(F)(F)F. The smallest absolute Gasteiger partial charge is 0.378 e. The van der Waals surface area contributed by atoms with Crippen LogP contribution in [0.15, 0.2) is 0 Å². The average Bonchev–Trinajstić information content (AvgIpc) is 2.01. The molecule has 0 bridgehead atoms. The van der Waals surface area contributed by atoms with E-state index in [9.17, 15) is 13.2 Å². The molecule has 1 saturated heterocycles. The zero-order valence-electron chi connectivity index (χ0n) is 8.27. The van der Waals surface area contributed by atoms with Gasteiger partial charge < -0.3 is 10.5 Å². The molecular weight excluding hydrogens is 197 g/mol. The molecule has 1 atom stereocenters. The van der Waals surface area contributed by atoms with Crippen LogP contribution in [0, 0.1) is 0 Å². The maximum atomic E-state index is 12.5. The van der Waals surface area contributed by atoms with Crippen molar-refractivity contribution >= 4 is 0 Å². The number of halogens is 3. The van der Waals surface area contributed by atoms with E-state index in [1.807, 2.05) is 0 Å². The molecule has 0 unspecified atom stereocenters. The first-order chi connectivity index (χ1) is 6.23. The maximum absolute atomic E-state index is 12.5. The summed E-state index contributed by atoms with van der Waals surface area (Å²) in [5.74, 6) is 0. The largest absolute Gasteiger partial charge is 0.406 e. The molecule has 84 valence electrons. The first-order valence-corrected chi connectivity index (χ1v) is 4.43. The Labute approximate surface area is 81.0 Å². The van der Waals surface area contributed by atoms with Crippen LogP contribution in [0.4, 0.5) is 13.2 Å². The van der Waals surface area contributed by atoms with Crippen LogP contribution in [-0.2, 0) is 4.74 Å². The third kappa shape index (κ3) is 2.59. The molecule has 0 aromatic carbocycles. The first-order valence-electron chi connectivity index (χ1n) is 4.43. The van der Waals surface area contributed by atoms with Gasteiger partial charge >= 0.3 is 6.18 Å². The van der Waals surface area contributed by atoms with Gasteiger partial charge in [-0.05, 0) is 13.8 Å². The number of alkyl halides is 3. The predicted molar refractivity (Wildman–Crippen MR) is 45.6 cm³/mol. The summed E-state index contributed by atoms with van der Waals surface area (Å²) in [4.78, 5) is 1.23. The van der Waals surface area contributed by atoms with Crippen LogP contribution in [0.3, 0.4) is 0 Å². The summed E-state index contributed by atoms with van der Waals surface area (Å²) >= 11 is 0. The van der Waals surface area contributed by atoms with Crippen molar-refractivity contribution in [1.82, 2.24) is 4.90 Å².